The first kappa shape index (κ1) is 9.50. The van der Waals surface area contributed by atoms with Crippen molar-refractivity contribution in [3.05, 3.63) is 0 Å². The second-order valence-electron chi connectivity index (χ2n) is 3.73. The summed E-state index contributed by atoms with van der Waals surface area (Å²) in [5.74, 6) is 0. The third-order valence-electron chi connectivity index (χ3n) is 2.98. The Hall–Kier alpha value is -0.590. The number of nitrogens with one attached hydrogen (secondary N) is 1. The van der Waals surface area contributed by atoms with E-state index in [2.05, 4.69) is 30.3 Å². The van der Waals surface area contributed by atoms with Gasteiger partial charge in [0.05, 0.1) is 6.07 Å². The fraction of sp³-hybridized carbons (Fsp3) is 0.889. The molecule has 1 saturated heterocycles. The molecule has 1 aliphatic heterocycles. The minimum absolute atomic E-state index is 0.272. The Bertz CT molecular complexity index is 196. The van der Waals surface area contributed by atoms with E-state index in [4.69, 9.17) is 5.26 Å². The van der Waals surface area contributed by atoms with Crippen molar-refractivity contribution < 1.29 is 0 Å². The summed E-state index contributed by atoms with van der Waals surface area (Å²) >= 11 is 0. The first-order chi connectivity index (χ1) is 5.63. The Morgan fingerprint density at radius 1 is 1.67 bits per heavy atom. The van der Waals surface area contributed by atoms with Crippen molar-refractivity contribution in [1.29, 1.82) is 5.26 Å². The second kappa shape index (κ2) is 3.42. The first-order valence-corrected chi connectivity index (χ1v) is 4.44. The van der Waals surface area contributed by atoms with Crippen LogP contribution in [0.3, 0.4) is 0 Å². The van der Waals surface area contributed by atoms with Crippen LogP contribution in [0.2, 0.25) is 0 Å². The zero-order chi connectivity index (χ0) is 9.19. The van der Waals surface area contributed by atoms with Crippen LogP contribution in [0.4, 0.5) is 0 Å². The molecule has 0 aromatic carbocycles. The molecule has 1 fully saturated rings. The highest BCUT2D eigenvalue weighted by Crippen LogP contribution is 2.24. The van der Waals surface area contributed by atoms with Crippen LogP contribution >= 0.6 is 0 Å². The van der Waals surface area contributed by atoms with Crippen LogP contribution in [-0.4, -0.2) is 37.1 Å². The van der Waals surface area contributed by atoms with E-state index in [-0.39, 0.29) is 5.54 Å². The summed E-state index contributed by atoms with van der Waals surface area (Å²) in [5.41, 5.74) is -0.272. The van der Waals surface area contributed by atoms with Gasteiger partial charge in [0.1, 0.15) is 5.54 Å². The molecule has 2 unspecified atom stereocenters. The average molecular weight is 167 g/mol. The minimum atomic E-state index is -0.272. The third-order valence-corrected chi connectivity index (χ3v) is 2.98. The lowest BCUT2D eigenvalue weighted by atomic mass is 9.85. The van der Waals surface area contributed by atoms with Gasteiger partial charge in [-0.25, -0.2) is 0 Å². The topological polar surface area (TPSA) is 39.1 Å². The van der Waals surface area contributed by atoms with E-state index >= 15 is 0 Å². The van der Waals surface area contributed by atoms with Crippen molar-refractivity contribution in [2.24, 2.45) is 0 Å². The summed E-state index contributed by atoms with van der Waals surface area (Å²) in [5, 5.41) is 12.1. The van der Waals surface area contributed by atoms with Crippen LogP contribution in [0.5, 0.6) is 0 Å². The van der Waals surface area contributed by atoms with Crippen LogP contribution in [-0.2, 0) is 0 Å². The average Bonchev–Trinajstić information content (AvgIpc) is 2.10. The molecule has 0 aromatic rings. The molecule has 0 bridgehead atoms. The molecule has 0 spiro atoms. The lowest BCUT2D eigenvalue weighted by molar-refractivity contribution is 0.142. The zero-order valence-electron chi connectivity index (χ0n) is 8.09. The van der Waals surface area contributed by atoms with Crippen molar-refractivity contribution in [3.63, 3.8) is 0 Å². The largest absolute Gasteiger partial charge is 0.303 e. The zero-order valence-corrected chi connectivity index (χ0v) is 8.09. The molecule has 0 amide bonds. The molecule has 0 aromatic heterocycles. The molecule has 1 aliphatic rings. The van der Waals surface area contributed by atoms with Crippen LogP contribution in [0, 0.1) is 11.3 Å². The summed E-state index contributed by atoms with van der Waals surface area (Å²) in [6.45, 7) is 3.18. The Morgan fingerprint density at radius 2 is 2.33 bits per heavy atom. The number of nitriles is 1. The summed E-state index contributed by atoms with van der Waals surface area (Å²) in [6, 6.07) is 2.89. The number of nitrogens with zero attached hydrogens (tertiary/aromatic N) is 2. The fourth-order valence-corrected chi connectivity index (χ4v) is 1.73. The molecule has 3 heteroatoms. The van der Waals surface area contributed by atoms with E-state index in [9.17, 15) is 0 Å². The molecule has 68 valence electrons. The maximum atomic E-state index is 9.01. The normalized spacial score (nSPS) is 37.7. The first-order valence-electron chi connectivity index (χ1n) is 4.44. The Morgan fingerprint density at radius 3 is 2.75 bits per heavy atom. The van der Waals surface area contributed by atoms with Crippen molar-refractivity contribution in [2.45, 2.75) is 31.3 Å². The number of likely N-dealkylation sites (tertiary alicyclic amines) is 1. The molecule has 0 saturated carbocycles. The van der Waals surface area contributed by atoms with Gasteiger partial charge in [0.25, 0.3) is 0 Å². The van der Waals surface area contributed by atoms with Gasteiger partial charge in [-0.2, -0.15) is 5.26 Å². The highest BCUT2D eigenvalue weighted by atomic mass is 15.2. The van der Waals surface area contributed by atoms with E-state index < -0.39 is 0 Å². The van der Waals surface area contributed by atoms with E-state index in [0.29, 0.717) is 6.04 Å². The highest BCUT2D eigenvalue weighted by molar-refractivity contribution is 5.10. The van der Waals surface area contributed by atoms with Crippen LogP contribution in [0.1, 0.15) is 19.8 Å². The third kappa shape index (κ3) is 1.60. The summed E-state index contributed by atoms with van der Waals surface area (Å²) in [7, 11) is 3.99. The molecule has 1 heterocycles. The molecule has 0 radical (unpaired) electrons. The maximum Gasteiger partial charge on any atom is 0.109 e. The van der Waals surface area contributed by atoms with Gasteiger partial charge in [-0.15, -0.1) is 0 Å². The Balaban J connectivity index is 2.66. The maximum absolute atomic E-state index is 9.01. The van der Waals surface area contributed by atoms with Crippen molar-refractivity contribution in [3.8, 4) is 6.07 Å². The van der Waals surface area contributed by atoms with Crippen molar-refractivity contribution >= 4 is 0 Å². The smallest absolute Gasteiger partial charge is 0.109 e. The molecule has 2 atom stereocenters. The SMILES string of the molecule is CNC1(C#N)CCN(C)C(C)C1. The molecule has 3 nitrogen and oxygen atoms in total. The van der Waals surface area contributed by atoms with Crippen molar-refractivity contribution in [2.75, 3.05) is 20.6 Å². The fourth-order valence-electron chi connectivity index (χ4n) is 1.73. The standard InChI is InChI=1S/C9H17N3/c1-8-6-9(7-10,11-2)4-5-12(8)3/h8,11H,4-6H2,1-3H3. The van der Waals surface area contributed by atoms with Gasteiger partial charge in [0.2, 0.25) is 0 Å². The molecular formula is C9H17N3. The molecular weight excluding hydrogens is 150 g/mol. The summed E-state index contributed by atoms with van der Waals surface area (Å²) < 4.78 is 0. The molecule has 0 aliphatic carbocycles. The predicted octanol–water partition coefficient (Wildman–Crippen LogP) is 0.582. The monoisotopic (exact) mass is 167 g/mol. The molecule has 1 N–H and O–H groups in total. The molecule has 12 heavy (non-hydrogen) atoms. The van der Waals surface area contributed by atoms with Gasteiger partial charge in [-0.05, 0) is 33.9 Å². The Kier molecular flexibility index (Phi) is 2.71. The predicted molar refractivity (Wildman–Crippen MR) is 48.7 cm³/mol. The van der Waals surface area contributed by atoms with Crippen LogP contribution in [0.25, 0.3) is 0 Å². The van der Waals surface area contributed by atoms with Gasteiger partial charge < -0.3 is 10.2 Å². The lowest BCUT2D eigenvalue weighted by Crippen LogP contribution is -2.53. The van der Waals surface area contributed by atoms with E-state index in [1.807, 2.05) is 7.05 Å². The number of hydrogen-bond donors (Lipinski definition) is 1. The highest BCUT2D eigenvalue weighted by Gasteiger charge is 2.35. The van der Waals surface area contributed by atoms with Crippen LogP contribution in [0.15, 0.2) is 0 Å². The second-order valence-corrected chi connectivity index (χ2v) is 3.73. The summed E-state index contributed by atoms with van der Waals surface area (Å²) in [4.78, 5) is 2.30. The lowest BCUT2D eigenvalue weighted by Gasteiger charge is -2.39. The minimum Gasteiger partial charge on any atom is -0.303 e. The Labute approximate surface area is 74.4 Å². The number of piperidine rings is 1. The van der Waals surface area contributed by atoms with Crippen molar-refractivity contribution in [1.82, 2.24) is 10.2 Å². The summed E-state index contributed by atoms with van der Waals surface area (Å²) in [6.07, 6.45) is 1.86. The molecule has 1 rings (SSSR count). The van der Waals surface area contributed by atoms with Crippen LogP contribution < -0.4 is 5.32 Å². The number of rotatable bonds is 1. The van der Waals surface area contributed by atoms with E-state index in [1.54, 1.807) is 0 Å². The quantitative estimate of drug-likeness (QED) is 0.621. The van der Waals surface area contributed by atoms with E-state index in [1.165, 1.54) is 0 Å². The van der Waals surface area contributed by atoms with Gasteiger partial charge in [0.15, 0.2) is 0 Å². The van der Waals surface area contributed by atoms with Gasteiger partial charge in [-0.1, -0.05) is 0 Å². The van der Waals surface area contributed by atoms with Gasteiger partial charge in [-0.3, -0.25) is 0 Å². The van der Waals surface area contributed by atoms with Gasteiger partial charge in [0, 0.05) is 12.6 Å². The van der Waals surface area contributed by atoms with E-state index in [0.717, 1.165) is 19.4 Å². The number of hydrogen-bond acceptors (Lipinski definition) is 3. The van der Waals surface area contributed by atoms with Gasteiger partial charge >= 0.3 is 0 Å².